The Labute approximate surface area is 114 Å². The summed E-state index contributed by atoms with van der Waals surface area (Å²) in [5, 5.41) is 3.30. The van der Waals surface area contributed by atoms with Crippen molar-refractivity contribution in [1.29, 1.82) is 0 Å². The van der Waals surface area contributed by atoms with Crippen molar-refractivity contribution in [3.05, 3.63) is 58.3 Å². The summed E-state index contributed by atoms with van der Waals surface area (Å²) in [5.74, 6) is -0.228. The van der Waals surface area contributed by atoms with E-state index in [0.717, 1.165) is 15.7 Å². The van der Waals surface area contributed by atoms with Crippen LogP contribution in [0.5, 0.6) is 0 Å². The standard InChI is InChI=1S/C14H14BrFN2/c1-9(10-2-5-12(16)6-3-10)18-14-7-4-11(15)8-13(14)17/h2-9,18H,17H2,1H3. The van der Waals surface area contributed by atoms with E-state index in [2.05, 4.69) is 21.2 Å². The van der Waals surface area contributed by atoms with Gasteiger partial charge in [-0.3, -0.25) is 0 Å². The molecule has 0 heterocycles. The first-order valence-corrected chi connectivity index (χ1v) is 6.42. The van der Waals surface area contributed by atoms with Gasteiger partial charge in [0.15, 0.2) is 0 Å². The van der Waals surface area contributed by atoms with Crippen molar-refractivity contribution in [2.24, 2.45) is 0 Å². The van der Waals surface area contributed by atoms with E-state index >= 15 is 0 Å². The molecule has 2 rings (SSSR count). The highest BCUT2D eigenvalue weighted by molar-refractivity contribution is 9.10. The first kappa shape index (κ1) is 12.9. The lowest BCUT2D eigenvalue weighted by atomic mass is 10.1. The Kier molecular flexibility index (Phi) is 3.87. The minimum atomic E-state index is -0.228. The van der Waals surface area contributed by atoms with Crippen molar-refractivity contribution < 1.29 is 4.39 Å². The average molecular weight is 309 g/mol. The van der Waals surface area contributed by atoms with Crippen molar-refractivity contribution in [2.75, 3.05) is 11.1 Å². The van der Waals surface area contributed by atoms with Gasteiger partial charge >= 0.3 is 0 Å². The molecule has 94 valence electrons. The van der Waals surface area contributed by atoms with Crippen molar-refractivity contribution in [3.63, 3.8) is 0 Å². The number of nitrogen functional groups attached to an aromatic ring is 1. The first-order chi connectivity index (χ1) is 8.56. The molecule has 0 saturated carbocycles. The number of anilines is 2. The smallest absolute Gasteiger partial charge is 0.123 e. The molecule has 0 saturated heterocycles. The van der Waals surface area contributed by atoms with Gasteiger partial charge in [-0.15, -0.1) is 0 Å². The first-order valence-electron chi connectivity index (χ1n) is 5.63. The fourth-order valence-electron chi connectivity index (χ4n) is 1.73. The van der Waals surface area contributed by atoms with Gasteiger partial charge in [0.2, 0.25) is 0 Å². The van der Waals surface area contributed by atoms with Crippen molar-refractivity contribution >= 4 is 27.3 Å². The van der Waals surface area contributed by atoms with Crippen LogP contribution < -0.4 is 11.1 Å². The molecule has 0 amide bonds. The number of hydrogen-bond acceptors (Lipinski definition) is 2. The summed E-state index contributed by atoms with van der Waals surface area (Å²) in [6.07, 6.45) is 0. The van der Waals surface area contributed by atoms with E-state index in [4.69, 9.17) is 5.73 Å². The minimum absolute atomic E-state index is 0.0640. The molecule has 0 radical (unpaired) electrons. The Morgan fingerprint density at radius 3 is 2.44 bits per heavy atom. The van der Waals surface area contributed by atoms with Crippen LogP contribution in [0, 0.1) is 5.82 Å². The Morgan fingerprint density at radius 1 is 1.17 bits per heavy atom. The molecule has 2 aromatic carbocycles. The summed E-state index contributed by atoms with van der Waals surface area (Å²) in [7, 11) is 0. The molecular weight excluding hydrogens is 295 g/mol. The summed E-state index contributed by atoms with van der Waals surface area (Å²) in [6.45, 7) is 2.01. The third kappa shape index (κ3) is 3.01. The van der Waals surface area contributed by atoms with Crippen molar-refractivity contribution in [1.82, 2.24) is 0 Å². The average Bonchev–Trinajstić information content (AvgIpc) is 2.33. The molecule has 0 aromatic heterocycles. The molecule has 0 aliphatic rings. The molecule has 0 bridgehead atoms. The van der Waals surface area contributed by atoms with E-state index in [9.17, 15) is 4.39 Å². The van der Waals surface area contributed by atoms with E-state index in [0.29, 0.717) is 5.69 Å². The monoisotopic (exact) mass is 308 g/mol. The lowest BCUT2D eigenvalue weighted by Gasteiger charge is -2.17. The zero-order valence-corrected chi connectivity index (χ0v) is 11.5. The van der Waals surface area contributed by atoms with Gasteiger partial charge in [0, 0.05) is 10.5 Å². The molecule has 2 aromatic rings. The van der Waals surface area contributed by atoms with Gasteiger partial charge in [0.1, 0.15) is 5.82 Å². The largest absolute Gasteiger partial charge is 0.397 e. The normalized spacial score (nSPS) is 12.2. The van der Waals surface area contributed by atoms with Gasteiger partial charge in [0.25, 0.3) is 0 Å². The van der Waals surface area contributed by atoms with Gasteiger partial charge in [-0.05, 0) is 42.8 Å². The van der Waals surface area contributed by atoms with Crippen LogP contribution in [0.4, 0.5) is 15.8 Å². The van der Waals surface area contributed by atoms with Crippen LogP contribution in [0.3, 0.4) is 0 Å². The third-order valence-electron chi connectivity index (χ3n) is 2.76. The highest BCUT2D eigenvalue weighted by Crippen LogP contribution is 2.27. The molecule has 0 fully saturated rings. The minimum Gasteiger partial charge on any atom is -0.397 e. The Balaban J connectivity index is 2.15. The highest BCUT2D eigenvalue weighted by Gasteiger charge is 2.07. The fourth-order valence-corrected chi connectivity index (χ4v) is 2.11. The van der Waals surface area contributed by atoms with E-state index < -0.39 is 0 Å². The second kappa shape index (κ2) is 5.40. The predicted molar refractivity (Wildman–Crippen MR) is 77.0 cm³/mol. The maximum atomic E-state index is 12.8. The van der Waals surface area contributed by atoms with Crippen molar-refractivity contribution in [3.8, 4) is 0 Å². The van der Waals surface area contributed by atoms with Crippen LogP contribution in [0.15, 0.2) is 46.9 Å². The summed E-state index contributed by atoms with van der Waals surface area (Å²) >= 11 is 3.37. The predicted octanol–water partition coefficient (Wildman–Crippen LogP) is 4.34. The van der Waals surface area contributed by atoms with Crippen LogP contribution >= 0.6 is 15.9 Å². The summed E-state index contributed by atoms with van der Waals surface area (Å²) in [5.41, 5.74) is 8.48. The Hall–Kier alpha value is -1.55. The number of hydrogen-bond donors (Lipinski definition) is 2. The quantitative estimate of drug-likeness (QED) is 0.828. The van der Waals surface area contributed by atoms with Crippen LogP contribution in [0.2, 0.25) is 0 Å². The second-order valence-corrected chi connectivity index (χ2v) is 5.06. The van der Waals surface area contributed by atoms with Crippen LogP contribution in [-0.2, 0) is 0 Å². The molecule has 3 N–H and O–H groups in total. The maximum absolute atomic E-state index is 12.8. The highest BCUT2D eigenvalue weighted by atomic mass is 79.9. The summed E-state index contributed by atoms with van der Waals surface area (Å²) in [4.78, 5) is 0. The lowest BCUT2D eigenvalue weighted by Crippen LogP contribution is -2.08. The summed E-state index contributed by atoms with van der Waals surface area (Å²) < 4.78 is 13.8. The zero-order chi connectivity index (χ0) is 13.1. The Bertz CT molecular complexity index is 540. The second-order valence-electron chi connectivity index (χ2n) is 4.15. The van der Waals surface area contributed by atoms with Crippen LogP contribution in [0.25, 0.3) is 0 Å². The van der Waals surface area contributed by atoms with Gasteiger partial charge < -0.3 is 11.1 Å². The van der Waals surface area contributed by atoms with Crippen molar-refractivity contribution in [2.45, 2.75) is 13.0 Å². The third-order valence-corrected chi connectivity index (χ3v) is 3.25. The molecule has 1 atom stereocenters. The molecular formula is C14H14BrFN2. The number of halogens is 2. The molecule has 4 heteroatoms. The van der Waals surface area contributed by atoms with E-state index in [1.165, 1.54) is 12.1 Å². The van der Waals surface area contributed by atoms with Gasteiger partial charge in [-0.2, -0.15) is 0 Å². The number of nitrogens with two attached hydrogens (primary N) is 1. The van der Waals surface area contributed by atoms with E-state index in [1.54, 1.807) is 12.1 Å². The van der Waals surface area contributed by atoms with Gasteiger partial charge in [-0.25, -0.2) is 4.39 Å². The summed E-state index contributed by atoms with van der Waals surface area (Å²) in [6, 6.07) is 12.2. The maximum Gasteiger partial charge on any atom is 0.123 e. The Morgan fingerprint density at radius 2 is 1.83 bits per heavy atom. The SMILES string of the molecule is CC(Nc1ccc(Br)cc1N)c1ccc(F)cc1. The molecule has 1 unspecified atom stereocenters. The zero-order valence-electron chi connectivity index (χ0n) is 9.95. The van der Waals surface area contributed by atoms with Gasteiger partial charge in [0.05, 0.1) is 11.4 Å². The number of rotatable bonds is 3. The topological polar surface area (TPSA) is 38.0 Å². The molecule has 0 aliphatic carbocycles. The lowest BCUT2D eigenvalue weighted by molar-refractivity contribution is 0.626. The van der Waals surface area contributed by atoms with Crippen LogP contribution in [-0.4, -0.2) is 0 Å². The fraction of sp³-hybridized carbons (Fsp3) is 0.143. The number of nitrogens with one attached hydrogen (secondary N) is 1. The molecule has 18 heavy (non-hydrogen) atoms. The van der Waals surface area contributed by atoms with E-state index in [1.807, 2.05) is 25.1 Å². The van der Waals surface area contributed by atoms with Crippen LogP contribution in [0.1, 0.15) is 18.5 Å². The molecule has 0 aliphatic heterocycles. The van der Waals surface area contributed by atoms with E-state index in [-0.39, 0.29) is 11.9 Å². The number of benzene rings is 2. The molecule has 0 spiro atoms. The van der Waals surface area contributed by atoms with Gasteiger partial charge in [-0.1, -0.05) is 28.1 Å². The molecule has 2 nitrogen and oxygen atoms in total.